The first kappa shape index (κ1) is 16.5. The maximum absolute atomic E-state index is 13.1. The van der Waals surface area contributed by atoms with Gasteiger partial charge in [-0.3, -0.25) is 4.79 Å². The highest BCUT2D eigenvalue weighted by atomic mass is 16.5. The van der Waals surface area contributed by atoms with Crippen molar-refractivity contribution in [1.29, 1.82) is 0 Å². The first-order valence-corrected chi connectivity index (χ1v) is 9.19. The number of carbonyl (C=O) groups is 1. The van der Waals surface area contributed by atoms with E-state index in [9.17, 15) is 4.79 Å². The Morgan fingerprint density at radius 1 is 1.16 bits per heavy atom. The van der Waals surface area contributed by atoms with Crippen molar-refractivity contribution in [2.75, 3.05) is 26.8 Å². The molecule has 1 aromatic carbocycles. The lowest BCUT2D eigenvalue weighted by Gasteiger charge is -2.27. The van der Waals surface area contributed by atoms with E-state index in [2.05, 4.69) is 0 Å². The molecular formula is C20H26N2O3. The zero-order valence-electron chi connectivity index (χ0n) is 15.1. The molecule has 1 spiro atoms. The summed E-state index contributed by atoms with van der Waals surface area (Å²) < 4.78 is 13.3. The summed E-state index contributed by atoms with van der Waals surface area (Å²) >= 11 is 0. The predicted molar refractivity (Wildman–Crippen MR) is 97.1 cm³/mol. The van der Waals surface area contributed by atoms with Gasteiger partial charge in [-0.05, 0) is 56.4 Å². The van der Waals surface area contributed by atoms with Gasteiger partial charge in [-0.2, -0.15) is 0 Å². The lowest BCUT2D eigenvalue weighted by atomic mass is 9.92. The molecule has 5 heteroatoms. The van der Waals surface area contributed by atoms with Crippen molar-refractivity contribution in [2.45, 2.75) is 37.7 Å². The van der Waals surface area contributed by atoms with Crippen molar-refractivity contribution in [3.63, 3.8) is 0 Å². The molecule has 0 aliphatic carbocycles. The highest BCUT2D eigenvalue weighted by Gasteiger charge is 2.37. The van der Waals surface area contributed by atoms with Gasteiger partial charge in [0.05, 0.1) is 12.7 Å². The number of nitrogens with zero attached hydrogens (tertiary/aromatic N) is 2. The van der Waals surface area contributed by atoms with Gasteiger partial charge in [-0.15, -0.1) is 0 Å². The first-order valence-electron chi connectivity index (χ1n) is 9.19. The second kappa shape index (κ2) is 6.37. The van der Waals surface area contributed by atoms with Gasteiger partial charge in [0.1, 0.15) is 11.4 Å². The van der Waals surface area contributed by atoms with Gasteiger partial charge in [0.15, 0.2) is 0 Å². The Kier molecular flexibility index (Phi) is 4.20. The van der Waals surface area contributed by atoms with Crippen molar-refractivity contribution >= 4 is 16.8 Å². The Morgan fingerprint density at radius 3 is 2.76 bits per heavy atom. The minimum atomic E-state index is 0.0291. The highest BCUT2D eigenvalue weighted by Crippen LogP contribution is 2.36. The lowest BCUT2D eigenvalue weighted by Crippen LogP contribution is -2.35. The number of aryl methyl sites for hydroxylation is 1. The molecule has 1 amide bonds. The number of hydrogen-bond donors (Lipinski definition) is 0. The Balaban J connectivity index is 1.58. The number of likely N-dealkylation sites (tertiary alicyclic amines) is 1. The van der Waals surface area contributed by atoms with Crippen LogP contribution < -0.4 is 4.74 Å². The third kappa shape index (κ3) is 2.91. The van der Waals surface area contributed by atoms with E-state index < -0.39 is 0 Å². The van der Waals surface area contributed by atoms with E-state index in [-0.39, 0.29) is 11.5 Å². The number of methoxy groups -OCH3 is 1. The molecule has 4 rings (SSSR count). The van der Waals surface area contributed by atoms with E-state index in [1.54, 1.807) is 7.11 Å². The van der Waals surface area contributed by atoms with E-state index >= 15 is 0 Å². The number of rotatable bonds is 2. The molecule has 25 heavy (non-hydrogen) atoms. The smallest absolute Gasteiger partial charge is 0.270 e. The normalized spacial score (nSPS) is 24.0. The lowest BCUT2D eigenvalue weighted by molar-refractivity contribution is -0.00693. The van der Waals surface area contributed by atoms with E-state index in [1.165, 1.54) is 0 Å². The second-order valence-corrected chi connectivity index (χ2v) is 7.29. The Hall–Kier alpha value is -2.01. The minimum Gasteiger partial charge on any atom is -0.497 e. The molecule has 5 nitrogen and oxygen atoms in total. The predicted octanol–water partition coefficient (Wildman–Crippen LogP) is 3.36. The number of aromatic nitrogens is 1. The van der Waals surface area contributed by atoms with Crippen LogP contribution in [-0.2, 0) is 11.8 Å². The molecule has 2 aliphatic rings. The molecule has 3 heterocycles. The zero-order chi connectivity index (χ0) is 17.4. The average molecular weight is 342 g/mol. The van der Waals surface area contributed by atoms with Crippen molar-refractivity contribution in [2.24, 2.45) is 7.05 Å². The maximum atomic E-state index is 13.1. The third-order valence-corrected chi connectivity index (χ3v) is 5.84. The Bertz CT molecular complexity index is 790. The second-order valence-electron chi connectivity index (χ2n) is 7.29. The molecule has 134 valence electrons. The highest BCUT2D eigenvalue weighted by molar-refractivity contribution is 5.99. The van der Waals surface area contributed by atoms with Gasteiger partial charge < -0.3 is 18.9 Å². The Morgan fingerprint density at radius 2 is 2.00 bits per heavy atom. The number of benzene rings is 1. The molecule has 0 saturated carbocycles. The van der Waals surface area contributed by atoms with Crippen LogP contribution in [0.15, 0.2) is 24.3 Å². The monoisotopic (exact) mass is 342 g/mol. The molecule has 2 saturated heterocycles. The fourth-order valence-corrected chi connectivity index (χ4v) is 4.34. The molecule has 0 radical (unpaired) electrons. The average Bonchev–Trinajstić information content (AvgIpc) is 3.15. The van der Waals surface area contributed by atoms with Gasteiger partial charge >= 0.3 is 0 Å². The van der Waals surface area contributed by atoms with Crippen LogP contribution in [0.1, 0.15) is 42.6 Å². The summed E-state index contributed by atoms with van der Waals surface area (Å²) in [4.78, 5) is 15.1. The van der Waals surface area contributed by atoms with E-state index in [4.69, 9.17) is 9.47 Å². The van der Waals surface area contributed by atoms with Crippen LogP contribution in [-0.4, -0.2) is 47.8 Å². The molecule has 1 aromatic heterocycles. The number of ether oxygens (including phenoxy) is 2. The summed E-state index contributed by atoms with van der Waals surface area (Å²) in [6.45, 7) is 2.47. The molecule has 0 N–H and O–H groups in total. The summed E-state index contributed by atoms with van der Waals surface area (Å²) in [5.41, 5.74) is 1.82. The van der Waals surface area contributed by atoms with Gasteiger partial charge in [-0.25, -0.2) is 0 Å². The third-order valence-electron chi connectivity index (χ3n) is 5.84. The van der Waals surface area contributed by atoms with E-state index in [0.29, 0.717) is 0 Å². The molecule has 1 atom stereocenters. The van der Waals surface area contributed by atoms with Crippen LogP contribution in [0.2, 0.25) is 0 Å². The molecule has 2 aromatic rings. The number of fused-ring (bicyclic) bond motifs is 1. The zero-order valence-corrected chi connectivity index (χ0v) is 15.1. The SMILES string of the molecule is COc1ccc2c(c1)cc(C(=O)N1CCCC3(CCCO3)CC1)n2C. The number of hydrogen-bond acceptors (Lipinski definition) is 3. The van der Waals surface area contributed by atoms with Crippen molar-refractivity contribution < 1.29 is 14.3 Å². The van der Waals surface area contributed by atoms with Gasteiger partial charge in [-0.1, -0.05) is 0 Å². The van der Waals surface area contributed by atoms with E-state index in [0.717, 1.165) is 74.1 Å². The van der Waals surface area contributed by atoms with Crippen LogP contribution in [0.4, 0.5) is 0 Å². The summed E-state index contributed by atoms with van der Waals surface area (Å²) in [6.07, 6.45) is 5.34. The van der Waals surface area contributed by atoms with Crippen molar-refractivity contribution in [1.82, 2.24) is 9.47 Å². The minimum absolute atomic E-state index is 0.0291. The van der Waals surface area contributed by atoms with Crippen LogP contribution in [0.5, 0.6) is 5.75 Å². The number of carbonyl (C=O) groups excluding carboxylic acids is 1. The fourth-order valence-electron chi connectivity index (χ4n) is 4.34. The summed E-state index contributed by atoms with van der Waals surface area (Å²) in [5.74, 6) is 0.930. The summed E-state index contributed by atoms with van der Waals surface area (Å²) in [7, 11) is 3.62. The topological polar surface area (TPSA) is 43.7 Å². The van der Waals surface area contributed by atoms with E-state index in [1.807, 2.05) is 40.8 Å². The largest absolute Gasteiger partial charge is 0.497 e. The van der Waals surface area contributed by atoms with Crippen LogP contribution in [0, 0.1) is 0 Å². The Labute approximate surface area is 148 Å². The maximum Gasteiger partial charge on any atom is 0.270 e. The summed E-state index contributed by atoms with van der Waals surface area (Å²) in [6, 6.07) is 7.90. The standard InChI is InChI=1S/C20H26N2O3/c1-21-17-6-5-16(24-2)13-15(17)14-18(21)19(23)22-10-3-7-20(9-11-22)8-4-12-25-20/h5-6,13-14H,3-4,7-12H2,1-2H3. The molecular weight excluding hydrogens is 316 g/mol. The van der Waals surface area contributed by atoms with Gasteiger partial charge in [0, 0.05) is 37.6 Å². The van der Waals surface area contributed by atoms with Crippen LogP contribution >= 0.6 is 0 Å². The molecule has 0 bridgehead atoms. The van der Waals surface area contributed by atoms with Crippen LogP contribution in [0.25, 0.3) is 10.9 Å². The molecule has 1 unspecified atom stereocenters. The van der Waals surface area contributed by atoms with Gasteiger partial charge in [0.25, 0.3) is 5.91 Å². The summed E-state index contributed by atoms with van der Waals surface area (Å²) in [5, 5.41) is 1.04. The quantitative estimate of drug-likeness (QED) is 0.840. The fraction of sp³-hybridized carbons (Fsp3) is 0.550. The number of amides is 1. The molecule has 2 fully saturated rings. The van der Waals surface area contributed by atoms with Crippen LogP contribution in [0.3, 0.4) is 0 Å². The first-order chi connectivity index (χ1) is 12.1. The van der Waals surface area contributed by atoms with Gasteiger partial charge in [0.2, 0.25) is 0 Å². The van der Waals surface area contributed by atoms with Crippen molar-refractivity contribution in [3.05, 3.63) is 30.0 Å². The molecule has 2 aliphatic heterocycles. The van der Waals surface area contributed by atoms with Crippen molar-refractivity contribution in [3.8, 4) is 5.75 Å².